The number of aromatic nitrogens is 2. The lowest BCUT2D eigenvalue weighted by atomic mass is 10.3. The third-order valence-electron chi connectivity index (χ3n) is 2.23. The van der Waals surface area contributed by atoms with Crippen molar-refractivity contribution < 1.29 is 14.0 Å². The van der Waals surface area contributed by atoms with E-state index in [-0.39, 0.29) is 11.7 Å². The van der Waals surface area contributed by atoms with E-state index in [1.807, 2.05) is 0 Å². The standard InChI is InChI=1S/C11H12N4O3/c1-7(9(16)15-11-12-4-5-13-11)14-10(17)8-3-2-6-18-8/h2-7H,1H3,(H,14,17)(H2,12,13,15,16). The van der Waals surface area contributed by atoms with Crippen molar-refractivity contribution in [1.29, 1.82) is 0 Å². The van der Waals surface area contributed by atoms with Gasteiger partial charge in [0.05, 0.1) is 6.26 Å². The van der Waals surface area contributed by atoms with Gasteiger partial charge in [-0.3, -0.25) is 14.9 Å². The van der Waals surface area contributed by atoms with Crippen LogP contribution in [0.4, 0.5) is 5.95 Å². The van der Waals surface area contributed by atoms with E-state index in [1.165, 1.54) is 18.5 Å². The van der Waals surface area contributed by atoms with Crippen LogP contribution in [-0.2, 0) is 4.79 Å². The second-order valence-corrected chi connectivity index (χ2v) is 3.60. The molecule has 0 aliphatic heterocycles. The van der Waals surface area contributed by atoms with Crippen molar-refractivity contribution >= 4 is 17.8 Å². The number of hydrogen-bond donors (Lipinski definition) is 3. The molecule has 18 heavy (non-hydrogen) atoms. The van der Waals surface area contributed by atoms with E-state index in [2.05, 4.69) is 20.6 Å². The third kappa shape index (κ3) is 2.76. The Morgan fingerprint density at radius 2 is 2.33 bits per heavy atom. The minimum absolute atomic E-state index is 0.160. The molecule has 0 spiro atoms. The van der Waals surface area contributed by atoms with Gasteiger partial charge < -0.3 is 14.7 Å². The zero-order chi connectivity index (χ0) is 13.0. The number of aromatic amines is 1. The second kappa shape index (κ2) is 5.17. The molecule has 0 aromatic carbocycles. The SMILES string of the molecule is CC(NC(=O)c1ccco1)C(=O)Nc1ncc[nH]1. The second-order valence-electron chi connectivity index (χ2n) is 3.60. The highest BCUT2D eigenvalue weighted by molar-refractivity contribution is 5.99. The van der Waals surface area contributed by atoms with E-state index >= 15 is 0 Å². The van der Waals surface area contributed by atoms with Crippen LogP contribution < -0.4 is 10.6 Å². The van der Waals surface area contributed by atoms with E-state index in [0.29, 0.717) is 5.95 Å². The number of H-pyrrole nitrogens is 1. The maximum atomic E-state index is 11.7. The van der Waals surface area contributed by atoms with E-state index in [4.69, 9.17) is 4.42 Å². The summed E-state index contributed by atoms with van der Waals surface area (Å²) in [6.45, 7) is 1.57. The van der Waals surface area contributed by atoms with Gasteiger partial charge in [-0.25, -0.2) is 4.98 Å². The number of rotatable bonds is 4. The van der Waals surface area contributed by atoms with Crippen molar-refractivity contribution in [3.63, 3.8) is 0 Å². The number of nitrogens with zero attached hydrogens (tertiary/aromatic N) is 1. The number of imidazole rings is 1. The molecule has 0 saturated carbocycles. The highest BCUT2D eigenvalue weighted by Crippen LogP contribution is 2.01. The number of nitrogens with one attached hydrogen (secondary N) is 3. The summed E-state index contributed by atoms with van der Waals surface area (Å²) in [5.41, 5.74) is 0. The minimum Gasteiger partial charge on any atom is -0.459 e. The highest BCUT2D eigenvalue weighted by atomic mass is 16.3. The fraction of sp³-hybridized carbons (Fsp3) is 0.182. The Bertz CT molecular complexity index is 518. The van der Waals surface area contributed by atoms with Crippen LogP contribution in [0.25, 0.3) is 0 Å². The number of anilines is 1. The molecule has 2 heterocycles. The number of furan rings is 1. The Morgan fingerprint density at radius 1 is 1.50 bits per heavy atom. The lowest BCUT2D eigenvalue weighted by molar-refractivity contribution is -0.117. The zero-order valence-electron chi connectivity index (χ0n) is 9.64. The smallest absolute Gasteiger partial charge is 0.287 e. The molecule has 1 atom stereocenters. The van der Waals surface area contributed by atoms with Crippen LogP contribution >= 0.6 is 0 Å². The predicted octanol–water partition coefficient (Wildman–Crippen LogP) is 0.760. The Morgan fingerprint density at radius 3 is 2.94 bits per heavy atom. The molecule has 0 fully saturated rings. The van der Waals surface area contributed by atoms with Crippen molar-refractivity contribution in [1.82, 2.24) is 15.3 Å². The molecule has 2 aromatic rings. The topological polar surface area (TPSA) is 100 Å². The quantitative estimate of drug-likeness (QED) is 0.743. The molecule has 1 unspecified atom stereocenters. The predicted molar refractivity (Wildman–Crippen MR) is 62.9 cm³/mol. The number of carbonyl (C=O) groups is 2. The Balaban J connectivity index is 1.89. The monoisotopic (exact) mass is 248 g/mol. The summed E-state index contributed by atoms with van der Waals surface area (Å²) in [5, 5.41) is 5.03. The lowest BCUT2D eigenvalue weighted by Crippen LogP contribution is -2.41. The molecule has 0 bridgehead atoms. The summed E-state index contributed by atoms with van der Waals surface area (Å²) >= 11 is 0. The fourth-order valence-corrected chi connectivity index (χ4v) is 1.30. The first-order valence-corrected chi connectivity index (χ1v) is 5.31. The van der Waals surface area contributed by atoms with Gasteiger partial charge in [-0.15, -0.1) is 0 Å². The summed E-state index contributed by atoms with van der Waals surface area (Å²) < 4.78 is 4.92. The molecule has 0 radical (unpaired) electrons. The van der Waals surface area contributed by atoms with Crippen molar-refractivity contribution in [3.8, 4) is 0 Å². The Labute approximate surface area is 103 Å². The minimum atomic E-state index is -0.701. The van der Waals surface area contributed by atoms with Gasteiger partial charge in [0.2, 0.25) is 11.9 Å². The van der Waals surface area contributed by atoms with Gasteiger partial charge in [0.25, 0.3) is 5.91 Å². The van der Waals surface area contributed by atoms with Crippen molar-refractivity contribution in [3.05, 3.63) is 36.5 Å². The zero-order valence-corrected chi connectivity index (χ0v) is 9.64. The average molecular weight is 248 g/mol. The number of carbonyl (C=O) groups excluding carboxylic acids is 2. The van der Waals surface area contributed by atoms with E-state index in [0.717, 1.165) is 0 Å². The van der Waals surface area contributed by atoms with Gasteiger partial charge in [-0.1, -0.05) is 0 Å². The fourth-order valence-electron chi connectivity index (χ4n) is 1.30. The van der Waals surface area contributed by atoms with Crippen LogP contribution in [0, 0.1) is 0 Å². The Kier molecular flexibility index (Phi) is 3.42. The first-order chi connectivity index (χ1) is 8.66. The molecule has 2 amide bonds. The molecule has 7 nitrogen and oxygen atoms in total. The largest absolute Gasteiger partial charge is 0.459 e. The molecule has 3 N–H and O–H groups in total. The van der Waals surface area contributed by atoms with Crippen LogP contribution in [0.3, 0.4) is 0 Å². The molecule has 0 aliphatic carbocycles. The lowest BCUT2D eigenvalue weighted by Gasteiger charge is -2.11. The van der Waals surface area contributed by atoms with Crippen molar-refractivity contribution in [2.24, 2.45) is 0 Å². The van der Waals surface area contributed by atoms with Crippen LogP contribution in [-0.4, -0.2) is 27.8 Å². The normalized spacial score (nSPS) is 11.8. The first-order valence-electron chi connectivity index (χ1n) is 5.31. The maximum absolute atomic E-state index is 11.7. The number of amides is 2. The summed E-state index contributed by atoms with van der Waals surface area (Å²) in [5.74, 6) is -0.321. The molecule has 2 aromatic heterocycles. The molecule has 0 saturated heterocycles. The van der Waals surface area contributed by atoms with Crippen LogP contribution in [0.15, 0.2) is 35.2 Å². The molecular formula is C11H12N4O3. The van der Waals surface area contributed by atoms with Gasteiger partial charge in [-0.05, 0) is 19.1 Å². The average Bonchev–Trinajstić information content (AvgIpc) is 3.01. The van der Waals surface area contributed by atoms with E-state index in [1.54, 1.807) is 19.2 Å². The van der Waals surface area contributed by atoms with Gasteiger partial charge in [0.1, 0.15) is 6.04 Å². The van der Waals surface area contributed by atoms with Crippen LogP contribution in [0.1, 0.15) is 17.5 Å². The van der Waals surface area contributed by atoms with Gasteiger partial charge >= 0.3 is 0 Å². The first kappa shape index (κ1) is 11.9. The van der Waals surface area contributed by atoms with Crippen molar-refractivity contribution in [2.75, 3.05) is 5.32 Å². The van der Waals surface area contributed by atoms with Crippen LogP contribution in [0.5, 0.6) is 0 Å². The number of hydrogen-bond acceptors (Lipinski definition) is 4. The molecule has 0 aliphatic rings. The van der Waals surface area contributed by atoms with E-state index < -0.39 is 11.9 Å². The summed E-state index contributed by atoms with van der Waals surface area (Å²) in [7, 11) is 0. The van der Waals surface area contributed by atoms with Crippen molar-refractivity contribution in [2.45, 2.75) is 13.0 Å². The highest BCUT2D eigenvalue weighted by Gasteiger charge is 2.18. The molecular weight excluding hydrogens is 236 g/mol. The molecule has 94 valence electrons. The van der Waals surface area contributed by atoms with E-state index in [9.17, 15) is 9.59 Å². The van der Waals surface area contributed by atoms with Gasteiger partial charge in [-0.2, -0.15) is 0 Å². The molecule has 2 rings (SSSR count). The third-order valence-corrected chi connectivity index (χ3v) is 2.23. The molecule has 7 heteroatoms. The van der Waals surface area contributed by atoms with Gasteiger partial charge in [0.15, 0.2) is 5.76 Å². The van der Waals surface area contributed by atoms with Crippen LogP contribution in [0.2, 0.25) is 0 Å². The maximum Gasteiger partial charge on any atom is 0.287 e. The Hall–Kier alpha value is -2.57. The summed E-state index contributed by atoms with van der Waals surface area (Å²) in [6.07, 6.45) is 4.49. The summed E-state index contributed by atoms with van der Waals surface area (Å²) in [6, 6.07) is 2.42. The van der Waals surface area contributed by atoms with Gasteiger partial charge in [0, 0.05) is 12.4 Å². The summed E-state index contributed by atoms with van der Waals surface area (Å²) in [4.78, 5) is 29.9.